The number of aryl methyl sites for hydroxylation is 1. The molecule has 0 aliphatic carbocycles. The van der Waals surface area contributed by atoms with Crippen molar-refractivity contribution in [3.8, 4) is 0 Å². The van der Waals surface area contributed by atoms with E-state index in [-0.39, 0.29) is 11.9 Å². The highest BCUT2D eigenvalue weighted by atomic mass is 16.3. The number of likely N-dealkylation sites (tertiary alicyclic amines) is 1. The van der Waals surface area contributed by atoms with Gasteiger partial charge in [0, 0.05) is 13.0 Å². The van der Waals surface area contributed by atoms with Crippen molar-refractivity contribution in [1.82, 2.24) is 4.90 Å². The Morgan fingerprint density at radius 3 is 2.90 bits per heavy atom. The number of rotatable bonds is 3. The Morgan fingerprint density at radius 2 is 2.19 bits per heavy atom. The van der Waals surface area contributed by atoms with E-state index in [1.54, 1.807) is 18.4 Å². The van der Waals surface area contributed by atoms with Gasteiger partial charge in [0.2, 0.25) is 0 Å². The molecule has 2 aromatic rings. The Morgan fingerprint density at radius 1 is 1.29 bits per heavy atom. The maximum atomic E-state index is 12.7. The molecule has 1 fully saturated rings. The van der Waals surface area contributed by atoms with E-state index < -0.39 is 0 Å². The van der Waals surface area contributed by atoms with Gasteiger partial charge in [0.1, 0.15) is 11.5 Å². The summed E-state index contributed by atoms with van der Waals surface area (Å²) in [7, 11) is 0. The summed E-state index contributed by atoms with van der Waals surface area (Å²) in [6, 6.07) is 7.52. The van der Waals surface area contributed by atoms with Crippen molar-refractivity contribution in [3.05, 3.63) is 47.8 Å². The first kappa shape index (κ1) is 14.0. The van der Waals surface area contributed by atoms with E-state index in [0.717, 1.165) is 50.2 Å². The lowest BCUT2D eigenvalue weighted by Crippen LogP contribution is -2.34. The van der Waals surface area contributed by atoms with Crippen LogP contribution in [0.5, 0.6) is 0 Å². The van der Waals surface area contributed by atoms with Crippen LogP contribution in [0.3, 0.4) is 0 Å². The summed E-state index contributed by atoms with van der Waals surface area (Å²) < 4.78 is 11.2. The summed E-state index contributed by atoms with van der Waals surface area (Å²) in [4.78, 5) is 14.6. The van der Waals surface area contributed by atoms with Crippen LogP contribution in [0.4, 0.5) is 0 Å². The van der Waals surface area contributed by atoms with Crippen molar-refractivity contribution in [2.45, 2.75) is 45.1 Å². The molecular weight excluding hydrogens is 266 g/mol. The summed E-state index contributed by atoms with van der Waals surface area (Å²) in [5.74, 6) is 2.24. The third-order valence-corrected chi connectivity index (χ3v) is 4.10. The molecular formula is C17H21NO3. The van der Waals surface area contributed by atoms with Crippen LogP contribution in [0.15, 0.2) is 39.4 Å². The third-order valence-electron chi connectivity index (χ3n) is 4.10. The highest BCUT2D eigenvalue weighted by Crippen LogP contribution is 2.32. The monoisotopic (exact) mass is 287 g/mol. The molecule has 0 bridgehead atoms. The highest BCUT2D eigenvalue weighted by molar-refractivity contribution is 5.91. The molecule has 3 rings (SSSR count). The van der Waals surface area contributed by atoms with Gasteiger partial charge in [-0.05, 0) is 37.1 Å². The molecule has 21 heavy (non-hydrogen) atoms. The molecule has 1 aliphatic rings. The fraction of sp³-hybridized carbons (Fsp3) is 0.471. The number of carbonyl (C=O) groups is 1. The molecule has 112 valence electrons. The maximum Gasteiger partial charge on any atom is 0.290 e. The number of hydrogen-bond acceptors (Lipinski definition) is 3. The zero-order valence-electron chi connectivity index (χ0n) is 12.4. The van der Waals surface area contributed by atoms with Crippen molar-refractivity contribution in [2.24, 2.45) is 0 Å². The van der Waals surface area contributed by atoms with E-state index in [1.165, 1.54) is 0 Å². The normalized spacial score (nSPS) is 19.5. The van der Waals surface area contributed by atoms with E-state index in [4.69, 9.17) is 8.83 Å². The van der Waals surface area contributed by atoms with Gasteiger partial charge in [0.05, 0.1) is 12.3 Å². The molecule has 1 unspecified atom stereocenters. The molecule has 3 heterocycles. The Balaban J connectivity index is 1.88. The minimum absolute atomic E-state index is 0.0189. The molecule has 2 aromatic heterocycles. The van der Waals surface area contributed by atoms with Gasteiger partial charge < -0.3 is 13.7 Å². The number of carbonyl (C=O) groups excluding carboxylic acids is 1. The number of amides is 1. The van der Waals surface area contributed by atoms with Gasteiger partial charge in [-0.25, -0.2) is 0 Å². The van der Waals surface area contributed by atoms with Gasteiger partial charge in [-0.15, -0.1) is 0 Å². The zero-order chi connectivity index (χ0) is 14.7. The lowest BCUT2D eigenvalue weighted by Gasteiger charge is -2.27. The van der Waals surface area contributed by atoms with Gasteiger partial charge >= 0.3 is 0 Å². The van der Waals surface area contributed by atoms with E-state index in [2.05, 4.69) is 6.92 Å². The summed E-state index contributed by atoms with van der Waals surface area (Å²) in [5, 5.41) is 0. The highest BCUT2D eigenvalue weighted by Gasteiger charge is 2.30. The smallest absolute Gasteiger partial charge is 0.290 e. The minimum atomic E-state index is -0.0404. The van der Waals surface area contributed by atoms with Crippen LogP contribution in [0.2, 0.25) is 0 Å². The molecule has 0 radical (unpaired) electrons. The van der Waals surface area contributed by atoms with E-state index >= 15 is 0 Å². The first-order valence-corrected chi connectivity index (χ1v) is 7.72. The van der Waals surface area contributed by atoms with Crippen LogP contribution in [0, 0.1) is 0 Å². The molecule has 0 aromatic carbocycles. The second kappa shape index (κ2) is 6.20. The summed E-state index contributed by atoms with van der Waals surface area (Å²) >= 11 is 0. The van der Waals surface area contributed by atoms with Gasteiger partial charge in [0.15, 0.2) is 5.76 Å². The number of hydrogen-bond donors (Lipinski definition) is 0. The number of nitrogens with zero attached hydrogens (tertiary/aromatic N) is 1. The van der Waals surface area contributed by atoms with Crippen LogP contribution < -0.4 is 0 Å². The topological polar surface area (TPSA) is 46.6 Å². The predicted octanol–water partition coefficient (Wildman–Crippen LogP) is 4.19. The second-order valence-electron chi connectivity index (χ2n) is 5.50. The first-order chi connectivity index (χ1) is 10.3. The molecule has 1 atom stereocenters. The molecule has 1 amide bonds. The predicted molar refractivity (Wildman–Crippen MR) is 79.0 cm³/mol. The minimum Gasteiger partial charge on any atom is -0.464 e. The molecule has 1 aliphatic heterocycles. The lowest BCUT2D eigenvalue weighted by molar-refractivity contribution is 0.0624. The Kier molecular flexibility index (Phi) is 4.13. The lowest BCUT2D eigenvalue weighted by atomic mass is 10.1. The van der Waals surface area contributed by atoms with Crippen LogP contribution in [0.1, 0.15) is 60.7 Å². The van der Waals surface area contributed by atoms with Gasteiger partial charge in [0.25, 0.3) is 5.91 Å². The van der Waals surface area contributed by atoms with Gasteiger partial charge in [-0.2, -0.15) is 0 Å². The van der Waals surface area contributed by atoms with Crippen molar-refractivity contribution < 1.29 is 13.6 Å². The molecule has 4 heteroatoms. The molecule has 1 saturated heterocycles. The van der Waals surface area contributed by atoms with Crippen LogP contribution in [-0.4, -0.2) is 17.4 Å². The average Bonchev–Trinajstić information content (AvgIpc) is 3.14. The number of furan rings is 2. The maximum absolute atomic E-state index is 12.7. The molecule has 4 nitrogen and oxygen atoms in total. The van der Waals surface area contributed by atoms with Crippen molar-refractivity contribution in [2.75, 3.05) is 6.54 Å². The van der Waals surface area contributed by atoms with Crippen LogP contribution in [0.25, 0.3) is 0 Å². The average molecular weight is 287 g/mol. The van der Waals surface area contributed by atoms with E-state index in [9.17, 15) is 4.79 Å². The van der Waals surface area contributed by atoms with Crippen LogP contribution in [-0.2, 0) is 6.42 Å². The van der Waals surface area contributed by atoms with E-state index in [0.29, 0.717) is 5.76 Å². The molecule has 0 saturated carbocycles. The summed E-state index contributed by atoms with van der Waals surface area (Å²) in [6.07, 6.45) is 6.67. The Hall–Kier alpha value is -1.97. The zero-order valence-corrected chi connectivity index (χ0v) is 12.4. The van der Waals surface area contributed by atoms with Crippen LogP contribution >= 0.6 is 0 Å². The van der Waals surface area contributed by atoms with Crippen molar-refractivity contribution in [3.63, 3.8) is 0 Å². The van der Waals surface area contributed by atoms with Gasteiger partial charge in [-0.1, -0.05) is 19.8 Å². The standard InChI is InChI=1S/C17H21NO3/c1-2-13-9-10-15(21-13)14-7-4-3-5-11-18(14)17(19)16-8-6-12-20-16/h6,8-10,12,14H,2-5,7,11H2,1H3. The third kappa shape index (κ3) is 2.89. The first-order valence-electron chi connectivity index (χ1n) is 7.72. The van der Waals surface area contributed by atoms with Crippen molar-refractivity contribution in [1.29, 1.82) is 0 Å². The fourth-order valence-corrected chi connectivity index (χ4v) is 2.95. The van der Waals surface area contributed by atoms with Crippen molar-refractivity contribution >= 4 is 5.91 Å². The second-order valence-corrected chi connectivity index (χ2v) is 5.50. The summed E-state index contributed by atoms with van der Waals surface area (Å²) in [6.45, 7) is 2.83. The Bertz CT molecular complexity index is 585. The quantitative estimate of drug-likeness (QED) is 0.850. The Labute approximate surface area is 124 Å². The fourth-order valence-electron chi connectivity index (χ4n) is 2.95. The van der Waals surface area contributed by atoms with Gasteiger partial charge in [-0.3, -0.25) is 4.79 Å². The SMILES string of the molecule is CCc1ccc(C2CCCCCN2C(=O)c2ccco2)o1. The molecule has 0 spiro atoms. The molecule has 0 N–H and O–H groups in total. The van der Waals surface area contributed by atoms with E-state index in [1.807, 2.05) is 17.0 Å². The summed E-state index contributed by atoms with van der Waals surface area (Å²) in [5.41, 5.74) is 0. The largest absolute Gasteiger partial charge is 0.464 e.